The van der Waals surface area contributed by atoms with E-state index in [4.69, 9.17) is 5.26 Å². The summed E-state index contributed by atoms with van der Waals surface area (Å²) < 4.78 is 4.62. The van der Waals surface area contributed by atoms with Crippen LogP contribution in [-0.4, -0.2) is 24.6 Å². The molecule has 0 fully saturated rings. The van der Waals surface area contributed by atoms with E-state index in [9.17, 15) is 9.59 Å². The van der Waals surface area contributed by atoms with Crippen molar-refractivity contribution in [2.45, 2.75) is 19.4 Å². The summed E-state index contributed by atoms with van der Waals surface area (Å²) in [4.78, 5) is 23.2. The molecule has 1 rings (SSSR count). The Kier molecular flexibility index (Phi) is 4.48. The second-order valence-electron chi connectivity index (χ2n) is 4.35. The first-order valence-corrected chi connectivity index (χ1v) is 5.57. The van der Waals surface area contributed by atoms with Crippen LogP contribution in [0.3, 0.4) is 0 Å². The molecule has 0 heterocycles. The van der Waals surface area contributed by atoms with E-state index in [0.29, 0.717) is 5.69 Å². The molecule has 1 aromatic rings. The fraction of sp³-hybridized carbons (Fsp3) is 0.308. The second kappa shape index (κ2) is 5.87. The molecule has 0 aromatic heterocycles. The maximum Gasteiger partial charge on any atom is 0.339 e. The molecule has 0 spiro atoms. The Hall–Kier alpha value is -2.55. The number of urea groups is 1. The quantitative estimate of drug-likeness (QED) is 0.813. The molecule has 6 nitrogen and oxygen atoms in total. The van der Waals surface area contributed by atoms with Crippen LogP contribution in [0.2, 0.25) is 0 Å². The van der Waals surface area contributed by atoms with Gasteiger partial charge in [0, 0.05) is 0 Å². The molecular formula is C13H15N3O3. The molecule has 0 aliphatic carbocycles. The van der Waals surface area contributed by atoms with Crippen LogP contribution in [0.1, 0.15) is 24.2 Å². The lowest BCUT2D eigenvalue weighted by atomic mass is 10.1. The molecule has 1 aromatic carbocycles. The van der Waals surface area contributed by atoms with Crippen molar-refractivity contribution in [2.75, 3.05) is 12.4 Å². The molecule has 0 saturated carbocycles. The summed E-state index contributed by atoms with van der Waals surface area (Å²) in [6.45, 7) is 3.14. The van der Waals surface area contributed by atoms with Gasteiger partial charge in [0.1, 0.15) is 5.54 Å². The molecule has 0 saturated heterocycles. The van der Waals surface area contributed by atoms with Crippen LogP contribution < -0.4 is 10.6 Å². The van der Waals surface area contributed by atoms with Gasteiger partial charge >= 0.3 is 12.0 Å². The standard InChI is InChI=1S/C13H15N3O3/c1-13(2,8-14)16-12(18)15-10-7-5-4-6-9(10)11(17)19-3/h4-7H,1-3H3,(H2,15,16,18). The number of nitrogens with one attached hydrogen (secondary N) is 2. The van der Waals surface area contributed by atoms with E-state index in [0.717, 1.165) is 0 Å². The Balaban J connectivity index is 2.86. The maximum atomic E-state index is 11.7. The Morgan fingerprint density at radius 1 is 1.32 bits per heavy atom. The number of para-hydroxylation sites is 1. The van der Waals surface area contributed by atoms with Gasteiger partial charge in [-0.3, -0.25) is 0 Å². The minimum Gasteiger partial charge on any atom is -0.465 e. The Morgan fingerprint density at radius 2 is 1.95 bits per heavy atom. The first kappa shape index (κ1) is 14.5. The van der Waals surface area contributed by atoms with Gasteiger partial charge in [0.05, 0.1) is 24.4 Å². The van der Waals surface area contributed by atoms with Crippen LogP contribution in [0, 0.1) is 11.3 Å². The second-order valence-corrected chi connectivity index (χ2v) is 4.35. The summed E-state index contributed by atoms with van der Waals surface area (Å²) in [7, 11) is 1.26. The zero-order valence-corrected chi connectivity index (χ0v) is 11.0. The first-order valence-electron chi connectivity index (χ1n) is 5.57. The van der Waals surface area contributed by atoms with Gasteiger partial charge in [0.2, 0.25) is 0 Å². The van der Waals surface area contributed by atoms with Gasteiger partial charge in [0.25, 0.3) is 0 Å². The summed E-state index contributed by atoms with van der Waals surface area (Å²) in [5.74, 6) is -0.546. The molecule has 0 atom stereocenters. The molecule has 19 heavy (non-hydrogen) atoms. The molecule has 2 amide bonds. The van der Waals surface area contributed by atoms with Gasteiger partial charge in [0.15, 0.2) is 0 Å². The van der Waals surface area contributed by atoms with Gasteiger partial charge in [-0.05, 0) is 26.0 Å². The van der Waals surface area contributed by atoms with Crippen LogP contribution in [0.25, 0.3) is 0 Å². The topological polar surface area (TPSA) is 91.2 Å². The zero-order chi connectivity index (χ0) is 14.5. The molecule has 6 heteroatoms. The highest BCUT2D eigenvalue weighted by molar-refractivity contribution is 6.00. The van der Waals surface area contributed by atoms with Gasteiger partial charge in [-0.25, -0.2) is 9.59 Å². The van der Waals surface area contributed by atoms with E-state index < -0.39 is 17.5 Å². The SMILES string of the molecule is COC(=O)c1ccccc1NC(=O)NC(C)(C)C#N. The van der Waals surface area contributed by atoms with Crippen LogP contribution in [0.15, 0.2) is 24.3 Å². The summed E-state index contributed by atoms with van der Waals surface area (Å²) in [5.41, 5.74) is -0.430. The fourth-order valence-corrected chi connectivity index (χ4v) is 1.35. The summed E-state index contributed by atoms with van der Waals surface area (Å²) in [6, 6.07) is 7.83. The number of benzene rings is 1. The lowest BCUT2D eigenvalue weighted by Gasteiger charge is -2.18. The maximum absolute atomic E-state index is 11.7. The van der Waals surface area contributed by atoms with Crippen molar-refractivity contribution in [3.63, 3.8) is 0 Å². The number of nitriles is 1. The summed E-state index contributed by atoms with van der Waals surface area (Å²) >= 11 is 0. The average molecular weight is 261 g/mol. The van der Waals surface area contributed by atoms with Crippen LogP contribution in [0.5, 0.6) is 0 Å². The van der Waals surface area contributed by atoms with Crippen molar-refractivity contribution in [3.05, 3.63) is 29.8 Å². The van der Waals surface area contributed by atoms with Gasteiger partial charge in [-0.1, -0.05) is 12.1 Å². The molecule has 0 aliphatic heterocycles. The largest absolute Gasteiger partial charge is 0.465 e. The third-order valence-corrected chi connectivity index (χ3v) is 2.29. The van der Waals surface area contributed by atoms with Crippen molar-refractivity contribution in [1.82, 2.24) is 5.32 Å². The van der Waals surface area contributed by atoms with Gasteiger partial charge < -0.3 is 15.4 Å². The van der Waals surface area contributed by atoms with E-state index >= 15 is 0 Å². The Morgan fingerprint density at radius 3 is 2.53 bits per heavy atom. The molecule has 2 N–H and O–H groups in total. The normalized spacial score (nSPS) is 10.2. The van der Waals surface area contributed by atoms with Crippen molar-refractivity contribution in [1.29, 1.82) is 5.26 Å². The summed E-state index contributed by atoms with van der Waals surface area (Å²) in [5, 5.41) is 13.8. The number of hydrogen-bond acceptors (Lipinski definition) is 4. The summed E-state index contributed by atoms with van der Waals surface area (Å²) in [6.07, 6.45) is 0. The Bertz CT molecular complexity index is 532. The number of nitrogens with zero attached hydrogens (tertiary/aromatic N) is 1. The minimum atomic E-state index is -0.996. The number of amides is 2. The number of rotatable bonds is 3. The van der Waals surface area contributed by atoms with Crippen molar-refractivity contribution < 1.29 is 14.3 Å². The third kappa shape index (κ3) is 4.00. The van der Waals surface area contributed by atoms with E-state index in [1.807, 2.05) is 6.07 Å². The van der Waals surface area contributed by atoms with Gasteiger partial charge in [-0.15, -0.1) is 0 Å². The highest BCUT2D eigenvalue weighted by Gasteiger charge is 2.20. The highest BCUT2D eigenvalue weighted by atomic mass is 16.5. The predicted molar refractivity (Wildman–Crippen MR) is 69.6 cm³/mol. The van der Waals surface area contributed by atoms with Crippen LogP contribution in [0.4, 0.5) is 10.5 Å². The van der Waals surface area contributed by atoms with Gasteiger partial charge in [-0.2, -0.15) is 5.26 Å². The zero-order valence-electron chi connectivity index (χ0n) is 11.0. The number of carbonyl (C=O) groups excluding carboxylic acids is 2. The lowest BCUT2D eigenvalue weighted by molar-refractivity contribution is 0.0602. The molecular weight excluding hydrogens is 246 g/mol. The minimum absolute atomic E-state index is 0.245. The average Bonchev–Trinajstić information content (AvgIpc) is 2.37. The van der Waals surface area contributed by atoms with Crippen LogP contribution in [-0.2, 0) is 4.74 Å². The fourth-order valence-electron chi connectivity index (χ4n) is 1.35. The number of anilines is 1. The molecule has 0 bridgehead atoms. The monoisotopic (exact) mass is 261 g/mol. The lowest BCUT2D eigenvalue weighted by Crippen LogP contribution is -2.44. The van der Waals surface area contributed by atoms with Crippen molar-refractivity contribution in [3.8, 4) is 6.07 Å². The number of ether oxygens (including phenoxy) is 1. The number of methoxy groups -OCH3 is 1. The predicted octanol–water partition coefficient (Wildman–Crippen LogP) is 1.90. The van der Waals surface area contributed by atoms with E-state index in [1.165, 1.54) is 13.2 Å². The Labute approximate surface area is 111 Å². The molecule has 0 aliphatic rings. The van der Waals surface area contributed by atoms with E-state index in [1.54, 1.807) is 32.0 Å². The highest BCUT2D eigenvalue weighted by Crippen LogP contribution is 2.16. The van der Waals surface area contributed by atoms with E-state index in [2.05, 4.69) is 15.4 Å². The van der Waals surface area contributed by atoms with Crippen LogP contribution >= 0.6 is 0 Å². The number of carbonyl (C=O) groups is 2. The molecule has 0 unspecified atom stereocenters. The molecule has 100 valence electrons. The third-order valence-electron chi connectivity index (χ3n) is 2.29. The van der Waals surface area contributed by atoms with Crippen molar-refractivity contribution >= 4 is 17.7 Å². The van der Waals surface area contributed by atoms with Crippen molar-refractivity contribution in [2.24, 2.45) is 0 Å². The number of hydrogen-bond donors (Lipinski definition) is 2. The van der Waals surface area contributed by atoms with E-state index in [-0.39, 0.29) is 5.56 Å². The molecule has 0 radical (unpaired) electrons. The smallest absolute Gasteiger partial charge is 0.339 e. The number of esters is 1. The first-order chi connectivity index (χ1) is 8.89.